The van der Waals surface area contributed by atoms with Gasteiger partial charge in [0, 0.05) is 5.69 Å². The SMILES string of the molecule is CNCc1nncn1-c1ccc(F)cc1. The largest absolute Gasteiger partial charge is 0.313 e. The molecule has 0 spiro atoms. The maximum atomic E-state index is 12.7. The van der Waals surface area contributed by atoms with E-state index < -0.39 is 0 Å². The highest BCUT2D eigenvalue weighted by Crippen LogP contribution is 2.10. The quantitative estimate of drug-likeness (QED) is 0.818. The molecule has 0 radical (unpaired) electrons. The predicted octanol–water partition coefficient (Wildman–Crippen LogP) is 1.13. The molecule has 0 aliphatic carbocycles. The van der Waals surface area contributed by atoms with Gasteiger partial charge in [-0.1, -0.05) is 0 Å². The third-order valence-corrected chi connectivity index (χ3v) is 2.06. The molecule has 4 nitrogen and oxygen atoms in total. The minimum atomic E-state index is -0.248. The van der Waals surface area contributed by atoms with Gasteiger partial charge in [0.1, 0.15) is 12.1 Å². The van der Waals surface area contributed by atoms with Gasteiger partial charge >= 0.3 is 0 Å². The maximum Gasteiger partial charge on any atom is 0.151 e. The van der Waals surface area contributed by atoms with Crippen molar-refractivity contribution >= 4 is 0 Å². The van der Waals surface area contributed by atoms with E-state index in [1.165, 1.54) is 12.1 Å². The van der Waals surface area contributed by atoms with Gasteiger partial charge < -0.3 is 5.32 Å². The van der Waals surface area contributed by atoms with Crippen LogP contribution in [-0.4, -0.2) is 21.8 Å². The van der Waals surface area contributed by atoms with Crippen LogP contribution in [0.2, 0.25) is 0 Å². The molecule has 1 N–H and O–H groups in total. The molecule has 0 amide bonds. The lowest BCUT2D eigenvalue weighted by Crippen LogP contribution is -2.11. The van der Waals surface area contributed by atoms with E-state index in [0.29, 0.717) is 6.54 Å². The Bertz CT molecular complexity index is 435. The van der Waals surface area contributed by atoms with E-state index in [1.807, 2.05) is 11.6 Å². The van der Waals surface area contributed by atoms with Gasteiger partial charge in [0.05, 0.1) is 6.54 Å². The predicted molar refractivity (Wildman–Crippen MR) is 54.1 cm³/mol. The van der Waals surface area contributed by atoms with E-state index in [9.17, 15) is 4.39 Å². The average Bonchev–Trinajstić information content (AvgIpc) is 2.68. The van der Waals surface area contributed by atoms with Gasteiger partial charge in [0.25, 0.3) is 0 Å². The maximum absolute atomic E-state index is 12.7. The monoisotopic (exact) mass is 206 g/mol. The zero-order chi connectivity index (χ0) is 10.7. The Morgan fingerprint density at radius 1 is 1.33 bits per heavy atom. The lowest BCUT2D eigenvalue weighted by molar-refractivity contribution is 0.627. The molecule has 78 valence electrons. The Morgan fingerprint density at radius 3 is 2.73 bits per heavy atom. The Labute approximate surface area is 86.8 Å². The zero-order valence-corrected chi connectivity index (χ0v) is 8.31. The van der Waals surface area contributed by atoms with Crippen molar-refractivity contribution in [2.24, 2.45) is 0 Å². The molecule has 1 aromatic carbocycles. The molecule has 5 heteroatoms. The van der Waals surface area contributed by atoms with Crippen molar-refractivity contribution in [3.63, 3.8) is 0 Å². The summed E-state index contributed by atoms with van der Waals surface area (Å²) < 4.78 is 14.5. The van der Waals surface area contributed by atoms with Crippen LogP contribution in [0.1, 0.15) is 5.82 Å². The molecular formula is C10H11FN4. The van der Waals surface area contributed by atoms with E-state index in [2.05, 4.69) is 15.5 Å². The number of rotatable bonds is 3. The van der Waals surface area contributed by atoms with Gasteiger partial charge in [-0.3, -0.25) is 4.57 Å². The van der Waals surface area contributed by atoms with E-state index >= 15 is 0 Å². The summed E-state index contributed by atoms with van der Waals surface area (Å²) in [5.74, 6) is 0.547. The average molecular weight is 206 g/mol. The summed E-state index contributed by atoms with van der Waals surface area (Å²) in [7, 11) is 1.84. The number of halogens is 1. The molecule has 0 unspecified atom stereocenters. The molecule has 1 aromatic heterocycles. The van der Waals surface area contributed by atoms with Gasteiger partial charge in [0.2, 0.25) is 0 Å². The van der Waals surface area contributed by atoms with Crippen molar-refractivity contribution in [3.8, 4) is 5.69 Å². The van der Waals surface area contributed by atoms with Crippen molar-refractivity contribution < 1.29 is 4.39 Å². The van der Waals surface area contributed by atoms with Gasteiger partial charge in [-0.05, 0) is 31.3 Å². The van der Waals surface area contributed by atoms with Gasteiger partial charge in [0.15, 0.2) is 5.82 Å². The minimum absolute atomic E-state index is 0.248. The van der Waals surface area contributed by atoms with Gasteiger partial charge in [-0.15, -0.1) is 10.2 Å². The number of nitrogens with one attached hydrogen (secondary N) is 1. The highest BCUT2D eigenvalue weighted by molar-refractivity contribution is 5.32. The topological polar surface area (TPSA) is 42.7 Å². The molecule has 15 heavy (non-hydrogen) atoms. The van der Waals surface area contributed by atoms with Crippen molar-refractivity contribution in [3.05, 3.63) is 42.2 Å². The van der Waals surface area contributed by atoms with Crippen LogP contribution in [0.4, 0.5) is 4.39 Å². The summed E-state index contributed by atoms with van der Waals surface area (Å²) in [6.07, 6.45) is 1.61. The summed E-state index contributed by atoms with van der Waals surface area (Å²) in [4.78, 5) is 0. The smallest absolute Gasteiger partial charge is 0.151 e. The van der Waals surface area contributed by atoms with Crippen LogP contribution in [0, 0.1) is 5.82 Å². The Kier molecular flexibility index (Phi) is 2.73. The van der Waals surface area contributed by atoms with E-state index in [4.69, 9.17) is 0 Å². The first-order valence-electron chi connectivity index (χ1n) is 4.60. The van der Waals surface area contributed by atoms with E-state index in [0.717, 1.165) is 11.5 Å². The van der Waals surface area contributed by atoms with Crippen molar-refractivity contribution in [2.75, 3.05) is 7.05 Å². The number of aromatic nitrogens is 3. The number of nitrogens with zero attached hydrogens (tertiary/aromatic N) is 3. The van der Waals surface area contributed by atoms with E-state index in [1.54, 1.807) is 18.5 Å². The van der Waals surface area contributed by atoms with Crippen LogP contribution >= 0.6 is 0 Å². The Hall–Kier alpha value is -1.75. The second kappa shape index (κ2) is 4.18. The molecule has 0 aliphatic rings. The summed E-state index contributed by atoms with van der Waals surface area (Å²) in [5, 5.41) is 10.8. The first-order valence-corrected chi connectivity index (χ1v) is 4.60. The van der Waals surface area contributed by atoms with Crippen LogP contribution < -0.4 is 5.32 Å². The number of hydrogen-bond acceptors (Lipinski definition) is 3. The minimum Gasteiger partial charge on any atom is -0.313 e. The van der Waals surface area contributed by atoms with Crippen molar-refractivity contribution in [1.29, 1.82) is 0 Å². The second-order valence-corrected chi connectivity index (χ2v) is 3.12. The highest BCUT2D eigenvalue weighted by Gasteiger charge is 2.04. The summed E-state index contributed by atoms with van der Waals surface area (Å²) in [6, 6.07) is 6.21. The molecule has 2 aromatic rings. The lowest BCUT2D eigenvalue weighted by atomic mass is 10.3. The van der Waals surface area contributed by atoms with Crippen LogP contribution in [0.25, 0.3) is 5.69 Å². The molecule has 0 saturated heterocycles. The summed E-state index contributed by atoms with van der Waals surface area (Å²) >= 11 is 0. The van der Waals surface area contributed by atoms with Crippen LogP contribution in [0.3, 0.4) is 0 Å². The first-order chi connectivity index (χ1) is 7.31. The molecular weight excluding hydrogens is 195 g/mol. The fourth-order valence-electron chi connectivity index (χ4n) is 1.35. The molecule has 2 rings (SSSR count). The molecule has 0 fully saturated rings. The van der Waals surface area contributed by atoms with Gasteiger partial charge in [-0.25, -0.2) is 4.39 Å². The second-order valence-electron chi connectivity index (χ2n) is 3.12. The molecule has 1 heterocycles. The van der Waals surface area contributed by atoms with E-state index in [-0.39, 0.29) is 5.82 Å². The Morgan fingerprint density at radius 2 is 2.07 bits per heavy atom. The lowest BCUT2D eigenvalue weighted by Gasteiger charge is -2.05. The molecule has 0 aliphatic heterocycles. The molecule has 0 bridgehead atoms. The Balaban J connectivity index is 2.36. The molecule has 0 saturated carbocycles. The summed E-state index contributed by atoms with van der Waals surface area (Å²) in [5.41, 5.74) is 0.853. The third kappa shape index (κ3) is 2.02. The normalized spacial score (nSPS) is 10.5. The van der Waals surface area contributed by atoms with Crippen molar-refractivity contribution in [1.82, 2.24) is 20.1 Å². The first kappa shape index (κ1) is 9.79. The van der Waals surface area contributed by atoms with Crippen molar-refractivity contribution in [2.45, 2.75) is 6.54 Å². The van der Waals surface area contributed by atoms with Crippen LogP contribution in [-0.2, 0) is 6.54 Å². The van der Waals surface area contributed by atoms with Gasteiger partial charge in [-0.2, -0.15) is 0 Å². The number of benzene rings is 1. The fraction of sp³-hybridized carbons (Fsp3) is 0.200. The van der Waals surface area contributed by atoms with Crippen LogP contribution in [0.5, 0.6) is 0 Å². The zero-order valence-electron chi connectivity index (χ0n) is 8.31. The highest BCUT2D eigenvalue weighted by atomic mass is 19.1. The molecule has 0 atom stereocenters. The standard InChI is InChI=1S/C10H11FN4/c1-12-6-10-14-13-7-15(10)9-4-2-8(11)3-5-9/h2-5,7,12H,6H2,1H3. The number of hydrogen-bond donors (Lipinski definition) is 1. The van der Waals surface area contributed by atoms with Crippen LogP contribution in [0.15, 0.2) is 30.6 Å². The summed E-state index contributed by atoms with van der Waals surface area (Å²) in [6.45, 7) is 0.622. The third-order valence-electron chi connectivity index (χ3n) is 2.06. The fourth-order valence-corrected chi connectivity index (χ4v) is 1.35.